The van der Waals surface area contributed by atoms with Crippen LogP contribution in [-0.2, 0) is 4.79 Å². The zero-order valence-electron chi connectivity index (χ0n) is 12.0. The second-order valence-corrected chi connectivity index (χ2v) is 6.03. The van der Waals surface area contributed by atoms with E-state index < -0.39 is 6.10 Å². The van der Waals surface area contributed by atoms with Gasteiger partial charge in [0.25, 0.3) is 5.91 Å². The van der Waals surface area contributed by atoms with Gasteiger partial charge in [-0.05, 0) is 43.7 Å². The van der Waals surface area contributed by atoms with Gasteiger partial charge in [-0.25, -0.2) is 0 Å². The molecule has 0 bridgehead atoms. The van der Waals surface area contributed by atoms with Crippen LogP contribution in [0.15, 0.2) is 36.4 Å². The van der Waals surface area contributed by atoms with Crippen molar-refractivity contribution in [3.05, 3.63) is 57.0 Å². The van der Waals surface area contributed by atoms with Crippen LogP contribution in [0.5, 0.6) is 5.75 Å². The summed E-state index contributed by atoms with van der Waals surface area (Å²) in [5.41, 5.74) is 1.44. The number of amides is 1. The van der Waals surface area contributed by atoms with Crippen molar-refractivity contribution in [3.63, 3.8) is 0 Å². The summed E-state index contributed by atoms with van der Waals surface area (Å²) in [5.74, 6) is 0.296. The number of benzene rings is 2. The van der Waals surface area contributed by atoms with Crippen molar-refractivity contribution in [2.75, 3.05) is 5.32 Å². The van der Waals surface area contributed by atoms with Gasteiger partial charge in [0, 0.05) is 0 Å². The van der Waals surface area contributed by atoms with E-state index in [1.807, 2.05) is 25.1 Å². The van der Waals surface area contributed by atoms with E-state index in [0.29, 0.717) is 26.5 Å². The first-order valence-corrected chi connectivity index (χ1v) is 7.69. The molecule has 1 atom stereocenters. The molecule has 0 unspecified atom stereocenters. The molecule has 1 N–H and O–H groups in total. The zero-order valence-corrected chi connectivity index (χ0v) is 14.3. The topological polar surface area (TPSA) is 38.3 Å². The maximum Gasteiger partial charge on any atom is 0.265 e. The van der Waals surface area contributed by atoms with Crippen LogP contribution in [0.4, 0.5) is 5.69 Å². The lowest BCUT2D eigenvalue weighted by molar-refractivity contribution is -0.122. The second kappa shape index (κ2) is 7.23. The molecule has 2 rings (SSSR count). The third kappa shape index (κ3) is 4.29. The Morgan fingerprint density at radius 2 is 1.77 bits per heavy atom. The Labute approximate surface area is 144 Å². The van der Waals surface area contributed by atoms with Crippen molar-refractivity contribution in [2.24, 2.45) is 0 Å². The maximum absolute atomic E-state index is 12.2. The molecule has 0 fully saturated rings. The smallest absolute Gasteiger partial charge is 0.265 e. The zero-order chi connectivity index (χ0) is 16.3. The molecule has 0 aliphatic heterocycles. The Kier molecular flexibility index (Phi) is 5.57. The summed E-state index contributed by atoms with van der Waals surface area (Å²) < 4.78 is 5.61. The van der Waals surface area contributed by atoms with E-state index >= 15 is 0 Å². The number of aryl methyl sites for hydroxylation is 1. The number of hydrogen-bond donors (Lipinski definition) is 1. The van der Waals surface area contributed by atoms with E-state index in [1.54, 1.807) is 13.0 Å². The van der Waals surface area contributed by atoms with Gasteiger partial charge in [0.15, 0.2) is 6.10 Å². The van der Waals surface area contributed by atoms with Crippen LogP contribution in [0.25, 0.3) is 0 Å². The number of carbonyl (C=O) groups is 1. The molecule has 0 aliphatic carbocycles. The first kappa shape index (κ1) is 16.9. The number of nitrogens with one attached hydrogen (secondary N) is 1. The predicted molar refractivity (Wildman–Crippen MR) is 91.4 cm³/mol. The maximum atomic E-state index is 12.2. The van der Waals surface area contributed by atoms with Gasteiger partial charge in [0.05, 0.1) is 20.8 Å². The Bertz CT molecular complexity index is 704. The Morgan fingerprint density at radius 1 is 1.09 bits per heavy atom. The van der Waals surface area contributed by atoms with E-state index in [2.05, 4.69) is 5.32 Å². The number of halogens is 3. The average Bonchev–Trinajstić information content (AvgIpc) is 2.44. The summed E-state index contributed by atoms with van der Waals surface area (Å²) in [6.45, 7) is 3.61. The summed E-state index contributed by atoms with van der Waals surface area (Å²) in [5, 5.41) is 3.63. The first-order chi connectivity index (χ1) is 10.4. The van der Waals surface area contributed by atoms with Crippen LogP contribution >= 0.6 is 34.8 Å². The SMILES string of the molecule is Cc1cccc(O[C@@H](C)C(=O)Nc2cc(Cl)c(Cl)cc2Cl)c1. The summed E-state index contributed by atoms with van der Waals surface area (Å²) in [4.78, 5) is 12.2. The normalized spacial score (nSPS) is 11.9. The Balaban J connectivity index is 2.07. The second-order valence-electron chi connectivity index (χ2n) is 4.81. The van der Waals surface area contributed by atoms with E-state index in [-0.39, 0.29) is 5.91 Å². The largest absolute Gasteiger partial charge is 0.481 e. The van der Waals surface area contributed by atoms with Crippen molar-refractivity contribution in [1.29, 1.82) is 0 Å². The van der Waals surface area contributed by atoms with Gasteiger partial charge in [-0.1, -0.05) is 46.9 Å². The fourth-order valence-corrected chi connectivity index (χ4v) is 2.39. The monoisotopic (exact) mass is 357 g/mol. The van der Waals surface area contributed by atoms with Gasteiger partial charge in [-0.3, -0.25) is 4.79 Å². The summed E-state index contributed by atoms with van der Waals surface area (Å²) >= 11 is 17.8. The van der Waals surface area contributed by atoms with Crippen LogP contribution in [-0.4, -0.2) is 12.0 Å². The van der Waals surface area contributed by atoms with Crippen LogP contribution in [0.3, 0.4) is 0 Å². The van der Waals surface area contributed by atoms with Crippen molar-refractivity contribution in [3.8, 4) is 5.75 Å². The van der Waals surface area contributed by atoms with Crippen LogP contribution < -0.4 is 10.1 Å². The van der Waals surface area contributed by atoms with Gasteiger partial charge in [0.2, 0.25) is 0 Å². The Morgan fingerprint density at radius 3 is 2.45 bits per heavy atom. The molecule has 6 heteroatoms. The summed E-state index contributed by atoms with van der Waals surface area (Å²) in [6.07, 6.45) is -0.688. The lowest BCUT2D eigenvalue weighted by Crippen LogP contribution is -2.30. The van der Waals surface area contributed by atoms with Gasteiger partial charge in [-0.2, -0.15) is 0 Å². The molecule has 0 radical (unpaired) electrons. The predicted octanol–water partition coefficient (Wildman–Crippen LogP) is 5.36. The van der Waals surface area contributed by atoms with E-state index in [9.17, 15) is 4.79 Å². The van der Waals surface area contributed by atoms with Crippen molar-refractivity contribution >= 4 is 46.4 Å². The summed E-state index contributed by atoms with van der Waals surface area (Å²) in [6, 6.07) is 10.5. The molecular weight excluding hydrogens is 345 g/mol. The number of ether oxygens (including phenoxy) is 1. The number of carbonyl (C=O) groups excluding carboxylic acids is 1. The number of anilines is 1. The minimum Gasteiger partial charge on any atom is -0.481 e. The fourth-order valence-electron chi connectivity index (χ4n) is 1.80. The van der Waals surface area contributed by atoms with Gasteiger partial charge in [-0.15, -0.1) is 0 Å². The highest BCUT2D eigenvalue weighted by molar-refractivity contribution is 6.44. The van der Waals surface area contributed by atoms with Gasteiger partial charge >= 0.3 is 0 Å². The van der Waals surface area contributed by atoms with Gasteiger partial charge < -0.3 is 10.1 Å². The molecule has 0 aromatic heterocycles. The molecule has 0 saturated carbocycles. The third-order valence-electron chi connectivity index (χ3n) is 2.94. The minimum absolute atomic E-state index is 0.311. The van der Waals surface area contributed by atoms with E-state index in [4.69, 9.17) is 39.5 Å². The molecule has 116 valence electrons. The lowest BCUT2D eigenvalue weighted by Gasteiger charge is -2.16. The van der Waals surface area contributed by atoms with Crippen molar-refractivity contribution in [2.45, 2.75) is 20.0 Å². The number of hydrogen-bond acceptors (Lipinski definition) is 2. The van der Waals surface area contributed by atoms with Crippen LogP contribution in [0.1, 0.15) is 12.5 Å². The van der Waals surface area contributed by atoms with Gasteiger partial charge in [0.1, 0.15) is 5.75 Å². The average molecular weight is 359 g/mol. The molecule has 0 heterocycles. The quantitative estimate of drug-likeness (QED) is 0.747. The fraction of sp³-hybridized carbons (Fsp3) is 0.188. The standard InChI is InChI=1S/C16H14Cl3NO2/c1-9-4-3-5-11(6-9)22-10(2)16(21)20-15-8-13(18)12(17)7-14(15)19/h3-8,10H,1-2H3,(H,20,21)/t10-/m0/s1. The highest BCUT2D eigenvalue weighted by Gasteiger charge is 2.17. The molecular formula is C16H14Cl3NO2. The Hall–Kier alpha value is -1.42. The summed E-state index contributed by atoms with van der Waals surface area (Å²) in [7, 11) is 0. The first-order valence-electron chi connectivity index (χ1n) is 6.55. The molecule has 0 aliphatic rings. The van der Waals surface area contributed by atoms with Crippen LogP contribution in [0, 0.1) is 6.92 Å². The molecule has 3 nitrogen and oxygen atoms in total. The van der Waals surface area contributed by atoms with Crippen molar-refractivity contribution in [1.82, 2.24) is 0 Å². The van der Waals surface area contributed by atoms with E-state index in [0.717, 1.165) is 5.56 Å². The molecule has 2 aromatic rings. The minimum atomic E-state index is -0.688. The number of rotatable bonds is 4. The van der Waals surface area contributed by atoms with E-state index in [1.165, 1.54) is 12.1 Å². The highest BCUT2D eigenvalue weighted by atomic mass is 35.5. The lowest BCUT2D eigenvalue weighted by atomic mass is 10.2. The van der Waals surface area contributed by atoms with Crippen molar-refractivity contribution < 1.29 is 9.53 Å². The molecule has 22 heavy (non-hydrogen) atoms. The molecule has 1 amide bonds. The van der Waals surface area contributed by atoms with Crippen LogP contribution in [0.2, 0.25) is 15.1 Å². The third-order valence-corrected chi connectivity index (χ3v) is 3.97. The molecule has 2 aromatic carbocycles. The molecule has 0 spiro atoms. The molecule has 0 saturated heterocycles. The highest BCUT2D eigenvalue weighted by Crippen LogP contribution is 2.32.